The topological polar surface area (TPSA) is 85.0 Å². The van der Waals surface area contributed by atoms with E-state index < -0.39 is 5.82 Å². The largest absolute Gasteiger partial charge is 0.418 e. The molecular formula is C16H14FN5O2S. The molecule has 1 aromatic carbocycles. The number of hydrogen-bond donors (Lipinski definition) is 0. The van der Waals surface area contributed by atoms with Gasteiger partial charge in [0.2, 0.25) is 5.89 Å². The minimum Gasteiger partial charge on any atom is -0.418 e. The van der Waals surface area contributed by atoms with E-state index in [9.17, 15) is 9.18 Å². The molecule has 1 saturated heterocycles. The molecule has 0 saturated carbocycles. The van der Waals surface area contributed by atoms with Gasteiger partial charge in [-0.2, -0.15) is 8.75 Å². The van der Waals surface area contributed by atoms with Crippen LogP contribution in [0, 0.1) is 5.82 Å². The molecule has 128 valence electrons. The predicted molar refractivity (Wildman–Crippen MR) is 87.2 cm³/mol. The third kappa shape index (κ3) is 3.02. The molecule has 0 aliphatic carbocycles. The van der Waals surface area contributed by atoms with E-state index in [4.69, 9.17) is 4.42 Å². The highest BCUT2D eigenvalue weighted by molar-refractivity contribution is 6.99. The van der Waals surface area contributed by atoms with Crippen LogP contribution in [-0.4, -0.2) is 36.3 Å². The lowest BCUT2D eigenvalue weighted by Crippen LogP contribution is -2.38. The Labute approximate surface area is 146 Å². The maximum atomic E-state index is 13.9. The number of nitrogens with zero attached hydrogens (tertiary/aromatic N) is 5. The first-order valence-electron chi connectivity index (χ1n) is 7.91. The van der Waals surface area contributed by atoms with Crippen LogP contribution in [0.5, 0.6) is 0 Å². The maximum Gasteiger partial charge on any atom is 0.275 e. The second-order valence-corrected chi connectivity index (χ2v) is 6.28. The molecule has 1 aliphatic heterocycles. The Bertz CT molecular complexity index is 882. The lowest BCUT2D eigenvalue weighted by Gasteiger charge is -2.32. The molecule has 3 aromatic rings. The summed E-state index contributed by atoms with van der Waals surface area (Å²) in [5.74, 6) is -0.206. The van der Waals surface area contributed by atoms with Crippen molar-refractivity contribution in [1.82, 2.24) is 23.8 Å². The minimum absolute atomic E-state index is 0.112. The van der Waals surface area contributed by atoms with Crippen molar-refractivity contribution < 1.29 is 13.6 Å². The highest BCUT2D eigenvalue weighted by Gasteiger charge is 2.33. The van der Waals surface area contributed by atoms with Gasteiger partial charge in [-0.3, -0.25) is 4.79 Å². The monoisotopic (exact) mass is 359 g/mol. The molecule has 0 bridgehead atoms. The normalized spacial score (nSPS) is 17.6. The van der Waals surface area contributed by atoms with Gasteiger partial charge in [0.25, 0.3) is 11.8 Å². The number of piperidine rings is 1. The molecule has 0 radical (unpaired) electrons. The second-order valence-electron chi connectivity index (χ2n) is 5.73. The molecule has 1 aliphatic rings. The Balaban J connectivity index is 1.63. The van der Waals surface area contributed by atoms with Crippen molar-refractivity contribution in [2.24, 2.45) is 0 Å². The Kier molecular flexibility index (Phi) is 4.22. The Morgan fingerprint density at radius 1 is 1.28 bits per heavy atom. The summed E-state index contributed by atoms with van der Waals surface area (Å²) < 4.78 is 27.5. The van der Waals surface area contributed by atoms with E-state index in [1.165, 1.54) is 12.3 Å². The lowest BCUT2D eigenvalue weighted by atomic mass is 10.0. The first-order chi connectivity index (χ1) is 12.2. The van der Waals surface area contributed by atoms with Crippen LogP contribution < -0.4 is 0 Å². The van der Waals surface area contributed by atoms with E-state index in [0.29, 0.717) is 24.6 Å². The minimum atomic E-state index is -0.428. The molecule has 1 amide bonds. The summed E-state index contributed by atoms with van der Waals surface area (Å²) in [5.41, 5.74) is 0.560. The standard InChI is InChI=1S/C16H14FN5O2S/c17-11-6-2-1-5-10(11)14-19-20-15(24-14)13-7-3-4-8-22(13)16(23)12-9-18-25-21-12/h1-2,5-6,9,13H,3-4,7-8H2. The van der Waals surface area contributed by atoms with Gasteiger partial charge in [0.1, 0.15) is 11.9 Å². The summed E-state index contributed by atoms with van der Waals surface area (Å²) in [5, 5.41) is 8.02. The van der Waals surface area contributed by atoms with Crippen LogP contribution in [0.1, 0.15) is 41.7 Å². The number of carbonyl (C=O) groups is 1. The number of rotatable bonds is 3. The number of aromatic nitrogens is 4. The fraction of sp³-hybridized carbons (Fsp3) is 0.312. The van der Waals surface area contributed by atoms with Crippen LogP contribution in [0.2, 0.25) is 0 Å². The first-order valence-corrected chi connectivity index (χ1v) is 8.64. The smallest absolute Gasteiger partial charge is 0.275 e. The van der Waals surface area contributed by atoms with E-state index in [2.05, 4.69) is 18.9 Å². The van der Waals surface area contributed by atoms with Crippen LogP contribution in [0.15, 0.2) is 34.9 Å². The summed E-state index contributed by atoms with van der Waals surface area (Å²) in [6, 6.07) is 5.88. The average Bonchev–Trinajstić information content (AvgIpc) is 3.34. The third-order valence-electron chi connectivity index (χ3n) is 4.17. The van der Waals surface area contributed by atoms with Crippen molar-refractivity contribution in [3.8, 4) is 11.5 Å². The van der Waals surface area contributed by atoms with Gasteiger partial charge in [-0.05, 0) is 31.4 Å². The Morgan fingerprint density at radius 3 is 2.96 bits per heavy atom. The van der Waals surface area contributed by atoms with Gasteiger partial charge in [-0.15, -0.1) is 10.2 Å². The maximum absolute atomic E-state index is 13.9. The molecule has 3 heterocycles. The van der Waals surface area contributed by atoms with Gasteiger partial charge in [-0.25, -0.2) is 4.39 Å². The predicted octanol–water partition coefficient (Wildman–Crippen LogP) is 3.09. The summed E-state index contributed by atoms with van der Waals surface area (Å²) in [6.07, 6.45) is 4.01. The molecule has 9 heteroatoms. The fourth-order valence-corrected chi connectivity index (χ4v) is 3.36. The summed E-state index contributed by atoms with van der Waals surface area (Å²) in [6.45, 7) is 0.582. The zero-order valence-electron chi connectivity index (χ0n) is 13.1. The van der Waals surface area contributed by atoms with Gasteiger partial charge in [0.15, 0.2) is 5.69 Å². The zero-order chi connectivity index (χ0) is 17.2. The number of amides is 1. The molecule has 4 rings (SSSR count). The zero-order valence-corrected chi connectivity index (χ0v) is 13.9. The van der Waals surface area contributed by atoms with E-state index in [1.807, 2.05) is 0 Å². The molecule has 0 N–H and O–H groups in total. The summed E-state index contributed by atoms with van der Waals surface area (Å²) in [4.78, 5) is 14.3. The quantitative estimate of drug-likeness (QED) is 0.714. The van der Waals surface area contributed by atoms with Crippen LogP contribution in [-0.2, 0) is 0 Å². The van der Waals surface area contributed by atoms with Gasteiger partial charge in [-0.1, -0.05) is 12.1 Å². The van der Waals surface area contributed by atoms with Gasteiger partial charge < -0.3 is 9.32 Å². The molecular weight excluding hydrogens is 345 g/mol. The van der Waals surface area contributed by atoms with E-state index >= 15 is 0 Å². The highest BCUT2D eigenvalue weighted by atomic mass is 32.1. The highest BCUT2D eigenvalue weighted by Crippen LogP contribution is 2.33. The van der Waals surface area contributed by atoms with Gasteiger partial charge in [0.05, 0.1) is 23.5 Å². The van der Waals surface area contributed by atoms with Crippen molar-refractivity contribution >= 4 is 17.6 Å². The second kappa shape index (κ2) is 6.67. The number of halogens is 1. The van der Waals surface area contributed by atoms with E-state index in [0.717, 1.165) is 24.6 Å². The van der Waals surface area contributed by atoms with Crippen molar-refractivity contribution in [3.63, 3.8) is 0 Å². The third-order valence-corrected chi connectivity index (χ3v) is 4.65. The molecule has 25 heavy (non-hydrogen) atoms. The molecule has 2 aromatic heterocycles. The first kappa shape index (κ1) is 15.8. The van der Waals surface area contributed by atoms with Crippen molar-refractivity contribution in [2.45, 2.75) is 25.3 Å². The number of likely N-dealkylation sites (tertiary alicyclic amines) is 1. The fourth-order valence-electron chi connectivity index (χ4n) is 2.95. The number of carbonyl (C=O) groups excluding carboxylic acids is 1. The molecule has 1 fully saturated rings. The molecule has 1 atom stereocenters. The molecule has 7 nitrogen and oxygen atoms in total. The summed E-state index contributed by atoms with van der Waals surface area (Å²) >= 11 is 0.991. The molecule has 0 spiro atoms. The SMILES string of the molecule is O=C(c1cnsn1)N1CCCCC1c1nnc(-c2ccccc2F)o1. The number of hydrogen-bond acceptors (Lipinski definition) is 7. The van der Waals surface area contributed by atoms with Gasteiger partial charge in [0, 0.05) is 6.54 Å². The van der Waals surface area contributed by atoms with Crippen LogP contribution >= 0.6 is 11.7 Å². The van der Waals surface area contributed by atoms with Crippen LogP contribution in [0.25, 0.3) is 11.5 Å². The van der Waals surface area contributed by atoms with Crippen molar-refractivity contribution in [2.75, 3.05) is 6.54 Å². The van der Waals surface area contributed by atoms with Crippen molar-refractivity contribution in [3.05, 3.63) is 47.9 Å². The van der Waals surface area contributed by atoms with Crippen LogP contribution in [0.3, 0.4) is 0 Å². The average molecular weight is 359 g/mol. The van der Waals surface area contributed by atoms with E-state index in [-0.39, 0.29) is 23.4 Å². The van der Waals surface area contributed by atoms with E-state index in [1.54, 1.807) is 23.1 Å². The lowest BCUT2D eigenvalue weighted by molar-refractivity contribution is 0.0567. The summed E-state index contributed by atoms with van der Waals surface area (Å²) in [7, 11) is 0. The van der Waals surface area contributed by atoms with Crippen molar-refractivity contribution in [1.29, 1.82) is 0 Å². The molecule has 1 unspecified atom stereocenters. The van der Waals surface area contributed by atoms with Gasteiger partial charge >= 0.3 is 0 Å². The Hall–Kier alpha value is -2.68. The van der Waals surface area contributed by atoms with Crippen LogP contribution in [0.4, 0.5) is 4.39 Å². The Morgan fingerprint density at radius 2 is 2.16 bits per heavy atom. The number of benzene rings is 1.